The minimum absolute atomic E-state index is 0.851. The van der Waals surface area contributed by atoms with Gasteiger partial charge in [0.15, 0.2) is 0 Å². The number of allylic oxidation sites excluding steroid dienone is 2. The summed E-state index contributed by atoms with van der Waals surface area (Å²) in [6.07, 6.45) is 14.3. The fourth-order valence-corrected chi connectivity index (χ4v) is 2.20. The highest BCUT2D eigenvalue weighted by atomic mass is 14.6. The maximum atomic E-state index is 6.03. The van der Waals surface area contributed by atoms with Gasteiger partial charge in [0.05, 0.1) is 0 Å². The topological polar surface area (TPSA) is 52.0 Å². The summed E-state index contributed by atoms with van der Waals surface area (Å²) < 4.78 is 0. The maximum absolute atomic E-state index is 6.03. The van der Waals surface area contributed by atoms with Gasteiger partial charge in [-0.2, -0.15) is 0 Å². The Bertz CT molecular complexity index is 203. The van der Waals surface area contributed by atoms with Gasteiger partial charge in [0, 0.05) is 5.70 Å². The van der Waals surface area contributed by atoms with E-state index in [0.717, 1.165) is 13.0 Å². The van der Waals surface area contributed by atoms with Gasteiger partial charge >= 0.3 is 0 Å². The number of hydrogen-bond acceptors (Lipinski definition) is 2. The molecule has 0 atom stereocenters. The van der Waals surface area contributed by atoms with Crippen LogP contribution in [-0.4, -0.2) is 6.54 Å². The van der Waals surface area contributed by atoms with Gasteiger partial charge in [0.2, 0.25) is 0 Å². The van der Waals surface area contributed by atoms with E-state index in [4.69, 9.17) is 11.5 Å². The molecule has 2 nitrogen and oxygen atoms in total. The van der Waals surface area contributed by atoms with Crippen molar-refractivity contribution in [2.45, 2.75) is 70.6 Å². The molecule has 1 aliphatic rings. The third-order valence-electron chi connectivity index (χ3n) is 3.56. The van der Waals surface area contributed by atoms with Crippen molar-refractivity contribution in [3.63, 3.8) is 0 Å². The number of rotatable bonds is 9. The van der Waals surface area contributed by atoms with Crippen molar-refractivity contribution in [1.29, 1.82) is 0 Å². The van der Waals surface area contributed by atoms with Gasteiger partial charge in [0.25, 0.3) is 0 Å². The lowest BCUT2D eigenvalue weighted by Crippen LogP contribution is -2.08. The SMILES string of the molecule is NCCCCCCCCCC(N)=C1CCC1. The molecule has 1 rings (SSSR count). The first-order chi connectivity index (χ1) is 7.84. The molecule has 1 fully saturated rings. The summed E-state index contributed by atoms with van der Waals surface area (Å²) in [4.78, 5) is 0. The van der Waals surface area contributed by atoms with Crippen molar-refractivity contribution in [2.75, 3.05) is 6.54 Å². The van der Waals surface area contributed by atoms with Crippen molar-refractivity contribution in [3.05, 3.63) is 11.3 Å². The van der Waals surface area contributed by atoms with Crippen LogP contribution < -0.4 is 11.5 Å². The van der Waals surface area contributed by atoms with E-state index in [1.54, 1.807) is 5.57 Å². The van der Waals surface area contributed by atoms with E-state index in [2.05, 4.69) is 0 Å². The monoisotopic (exact) mass is 224 g/mol. The molecular formula is C14H28N2. The predicted octanol–water partition coefficient (Wildman–Crippen LogP) is 3.46. The molecule has 1 aliphatic carbocycles. The summed E-state index contributed by atoms with van der Waals surface area (Å²) in [6, 6.07) is 0. The fourth-order valence-electron chi connectivity index (χ4n) is 2.20. The molecule has 2 heteroatoms. The van der Waals surface area contributed by atoms with Gasteiger partial charge in [0.1, 0.15) is 0 Å². The van der Waals surface area contributed by atoms with Gasteiger partial charge in [-0.25, -0.2) is 0 Å². The second kappa shape index (κ2) is 8.63. The Balaban J connectivity index is 1.84. The van der Waals surface area contributed by atoms with Crippen LogP contribution in [0.1, 0.15) is 70.6 Å². The summed E-state index contributed by atoms with van der Waals surface area (Å²) >= 11 is 0. The molecule has 16 heavy (non-hydrogen) atoms. The fraction of sp³-hybridized carbons (Fsp3) is 0.857. The van der Waals surface area contributed by atoms with Crippen molar-refractivity contribution in [1.82, 2.24) is 0 Å². The summed E-state index contributed by atoms with van der Waals surface area (Å²) in [5.41, 5.74) is 14.2. The molecule has 94 valence electrons. The Hall–Kier alpha value is -0.500. The number of unbranched alkanes of at least 4 members (excludes halogenated alkanes) is 6. The van der Waals surface area contributed by atoms with Crippen molar-refractivity contribution in [2.24, 2.45) is 11.5 Å². The normalized spacial score (nSPS) is 14.9. The first-order valence-electron chi connectivity index (χ1n) is 7.01. The highest BCUT2D eigenvalue weighted by Crippen LogP contribution is 2.28. The van der Waals surface area contributed by atoms with Crippen LogP contribution in [0.3, 0.4) is 0 Å². The highest BCUT2D eigenvalue weighted by molar-refractivity contribution is 5.16. The largest absolute Gasteiger partial charge is 0.402 e. The Morgan fingerprint density at radius 3 is 1.94 bits per heavy atom. The van der Waals surface area contributed by atoms with Gasteiger partial charge in [-0.3, -0.25) is 0 Å². The summed E-state index contributed by atoms with van der Waals surface area (Å²) in [6.45, 7) is 0.851. The summed E-state index contributed by atoms with van der Waals surface area (Å²) in [5.74, 6) is 0. The third kappa shape index (κ3) is 5.55. The molecule has 0 aromatic heterocycles. The van der Waals surface area contributed by atoms with E-state index in [-0.39, 0.29) is 0 Å². The molecule has 1 saturated carbocycles. The molecule has 0 unspecified atom stereocenters. The van der Waals surface area contributed by atoms with Gasteiger partial charge in [-0.05, 0) is 45.1 Å². The first kappa shape index (κ1) is 13.6. The van der Waals surface area contributed by atoms with E-state index >= 15 is 0 Å². The Morgan fingerprint density at radius 1 is 0.875 bits per heavy atom. The van der Waals surface area contributed by atoms with E-state index < -0.39 is 0 Å². The van der Waals surface area contributed by atoms with Crippen molar-refractivity contribution in [3.8, 4) is 0 Å². The smallest absolute Gasteiger partial charge is 0.00723 e. The lowest BCUT2D eigenvalue weighted by atomic mass is 9.89. The van der Waals surface area contributed by atoms with Crippen LogP contribution in [0.4, 0.5) is 0 Å². The van der Waals surface area contributed by atoms with E-state index in [9.17, 15) is 0 Å². The van der Waals surface area contributed by atoms with Crippen LogP contribution >= 0.6 is 0 Å². The molecule has 0 saturated heterocycles. The van der Waals surface area contributed by atoms with Crippen LogP contribution in [0.25, 0.3) is 0 Å². The van der Waals surface area contributed by atoms with Crippen LogP contribution in [0.5, 0.6) is 0 Å². The highest BCUT2D eigenvalue weighted by Gasteiger charge is 2.11. The predicted molar refractivity (Wildman–Crippen MR) is 71.1 cm³/mol. The molecule has 0 bridgehead atoms. The molecule has 0 aromatic carbocycles. The van der Waals surface area contributed by atoms with Crippen molar-refractivity contribution >= 4 is 0 Å². The molecule has 0 aliphatic heterocycles. The van der Waals surface area contributed by atoms with Crippen LogP contribution in [0, 0.1) is 0 Å². The van der Waals surface area contributed by atoms with Crippen molar-refractivity contribution < 1.29 is 0 Å². The molecular weight excluding hydrogens is 196 g/mol. The maximum Gasteiger partial charge on any atom is 0.00723 e. The van der Waals surface area contributed by atoms with Crippen LogP contribution in [0.15, 0.2) is 11.3 Å². The summed E-state index contributed by atoms with van der Waals surface area (Å²) in [5, 5.41) is 0. The molecule has 4 N–H and O–H groups in total. The second-order valence-electron chi connectivity index (χ2n) is 5.00. The zero-order valence-electron chi connectivity index (χ0n) is 10.6. The number of nitrogens with two attached hydrogens (primary N) is 2. The average molecular weight is 224 g/mol. The zero-order chi connectivity index (χ0) is 11.6. The number of hydrogen-bond donors (Lipinski definition) is 2. The zero-order valence-corrected chi connectivity index (χ0v) is 10.6. The van der Waals surface area contributed by atoms with Crippen LogP contribution in [0.2, 0.25) is 0 Å². The Morgan fingerprint density at radius 2 is 1.44 bits per heavy atom. The quantitative estimate of drug-likeness (QED) is 0.589. The molecule has 0 radical (unpaired) electrons. The first-order valence-corrected chi connectivity index (χ1v) is 7.01. The minimum Gasteiger partial charge on any atom is -0.402 e. The Kier molecular flexibility index (Phi) is 7.32. The Labute approximate surface area is 100 Å². The van der Waals surface area contributed by atoms with Gasteiger partial charge < -0.3 is 11.5 Å². The molecule has 0 spiro atoms. The van der Waals surface area contributed by atoms with E-state index in [0.29, 0.717) is 0 Å². The van der Waals surface area contributed by atoms with E-state index in [1.807, 2.05) is 0 Å². The third-order valence-corrected chi connectivity index (χ3v) is 3.56. The lowest BCUT2D eigenvalue weighted by molar-refractivity contribution is 0.573. The standard InChI is InChI=1S/C14H28N2/c15-12-7-5-3-1-2-4-6-11-14(16)13-9-8-10-13/h1-12,15-16H2. The second-order valence-corrected chi connectivity index (χ2v) is 5.00. The lowest BCUT2D eigenvalue weighted by Gasteiger charge is -2.19. The summed E-state index contributed by atoms with van der Waals surface area (Å²) in [7, 11) is 0. The van der Waals surface area contributed by atoms with Crippen LogP contribution in [-0.2, 0) is 0 Å². The minimum atomic E-state index is 0.851. The van der Waals surface area contributed by atoms with Gasteiger partial charge in [-0.15, -0.1) is 0 Å². The molecule has 0 aromatic rings. The molecule has 0 heterocycles. The average Bonchev–Trinajstić information content (AvgIpc) is 2.19. The van der Waals surface area contributed by atoms with Gasteiger partial charge in [-0.1, -0.05) is 37.7 Å². The molecule has 0 amide bonds. The van der Waals surface area contributed by atoms with E-state index in [1.165, 1.54) is 69.9 Å².